The van der Waals surface area contributed by atoms with Gasteiger partial charge in [0.1, 0.15) is 39.7 Å². The van der Waals surface area contributed by atoms with Crippen LogP contribution in [0.2, 0.25) is 0 Å². The van der Waals surface area contributed by atoms with E-state index in [1.54, 1.807) is 70.0 Å². The molecule has 28 nitrogen and oxygen atoms in total. The SMILES string of the molecule is Br.Br.CC(=O)C(C(C)=O)n1ccsc1=N.CC(=O)C(Cl)C(C)=O.CC(=O)c1c(C)nc2sccn12.CCOc1ccc(NC(N)=S)cc1.CCOc1ccc(Nc2nc(-c3c(C)nc4sccn34)cs2)cc1.Cc1nc2sccn2c1-c1csc(Nc2ccc(Br)cc2)n1.Cc1nc2sccn2c1C(=O)CBr.Cl.NC(=S)Nc1ccc(Br)cc1.Nc1nccs1. The average molecular weight is 2250 g/mol. The Morgan fingerprint density at radius 2 is 0.856 bits per heavy atom. The number of nitrogens with one attached hydrogen (secondary N) is 5. The number of nitrogen functional groups attached to an aromatic ring is 1. The number of rotatable bonds is 20. The van der Waals surface area contributed by atoms with Gasteiger partial charge in [-0.05, 0) is 191 Å². The highest BCUT2D eigenvalue weighted by atomic mass is 79.9. The number of imidazole rings is 4. The second-order valence-electron chi connectivity index (χ2n) is 24.9. The zero-order chi connectivity index (χ0) is 88.9. The van der Waals surface area contributed by atoms with Crippen LogP contribution in [0.1, 0.15) is 98.3 Å². The molecule has 0 saturated heterocycles. The van der Waals surface area contributed by atoms with Crippen molar-refractivity contribution in [3.8, 4) is 34.3 Å². The van der Waals surface area contributed by atoms with Crippen molar-refractivity contribution in [2.24, 2.45) is 11.5 Å². The van der Waals surface area contributed by atoms with E-state index in [1.807, 2.05) is 199 Å². The number of ether oxygens (including phenoxy) is 2. The van der Waals surface area contributed by atoms with E-state index < -0.39 is 11.4 Å². The van der Waals surface area contributed by atoms with Gasteiger partial charge in [0, 0.05) is 119 Å². The monoisotopic (exact) mass is 2240 g/mol. The summed E-state index contributed by atoms with van der Waals surface area (Å²) >= 11 is 36.7. The van der Waals surface area contributed by atoms with Crippen LogP contribution in [0.3, 0.4) is 0 Å². The number of carbonyl (C=O) groups excluding carboxylic acids is 6. The fourth-order valence-electron chi connectivity index (χ4n) is 10.8. The Hall–Kier alpha value is -8.74. The van der Waals surface area contributed by atoms with E-state index in [-0.39, 0.29) is 96.1 Å². The Morgan fingerprint density at radius 3 is 1.18 bits per heavy atom. The lowest BCUT2D eigenvalue weighted by Crippen LogP contribution is -2.29. The lowest BCUT2D eigenvalue weighted by atomic mass is 10.1. The number of hydrogen-bond donors (Lipinski definition) is 8. The van der Waals surface area contributed by atoms with Crippen LogP contribution in [0.15, 0.2) is 186 Å². The van der Waals surface area contributed by atoms with Crippen molar-refractivity contribution < 1.29 is 38.2 Å². The molecule has 4 aromatic carbocycles. The Bertz CT molecular complexity index is 6190. The molecule has 0 fully saturated rings. The summed E-state index contributed by atoms with van der Waals surface area (Å²) in [5.74, 6) is 0.808. The number of aryl methyl sites for hydroxylation is 4. The zero-order valence-corrected chi connectivity index (χ0v) is 86.2. The van der Waals surface area contributed by atoms with Crippen LogP contribution in [0.4, 0.5) is 38.1 Å². The first-order chi connectivity index (χ1) is 58.3. The lowest BCUT2D eigenvalue weighted by Gasteiger charge is -2.10. The van der Waals surface area contributed by atoms with Gasteiger partial charge < -0.3 is 52.5 Å². The van der Waals surface area contributed by atoms with Crippen LogP contribution in [-0.4, -0.2) is 126 Å². The molecule has 0 aliphatic rings. The lowest BCUT2D eigenvalue weighted by molar-refractivity contribution is -0.130. The number of nitrogens with two attached hydrogens (primary N) is 3. The summed E-state index contributed by atoms with van der Waals surface area (Å²) in [4.78, 5) is 100. The fourth-order valence-corrected chi connectivity index (χ4v) is 17.3. The molecule has 0 atom stereocenters. The van der Waals surface area contributed by atoms with Crippen molar-refractivity contribution in [2.45, 2.75) is 87.6 Å². The van der Waals surface area contributed by atoms with Gasteiger partial charge in [-0.1, -0.05) is 47.8 Å². The van der Waals surface area contributed by atoms with E-state index in [9.17, 15) is 28.8 Å². The van der Waals surface area contributed by atoms with Gasteiger partial charge in [0.15, 0.2) is 91.0 Å². The number of halogens is 7. The maximum atomic E-state index is 11.5. The van der Waals surface area contributed by atoms with Crippen molar-refractivity contribution in [1.82, 2.24) is 57.1 Å². The van der Waals surface area contributed by atoms with Gasteiger partial charge >= 0.3 is 0 Å². The van der Waals surface area contributed by atoms with E-state index in [0.717, 1.165) is 119 Å². The second-order valence-corrected chi connectivity index (χ2v) is 35.7. The molecule has 0 radical (unpaired) electrons. The van der Waals surface area contributed by atoms with E-state index in [2.05, 4.69) is 126 Å². The van der Waals surface area contributed by atoms with Crippen molar-refractivity contribution in [2.75, 3.05) is 45.5 Å². The topological polar surface area (TPSA) is 384 Å². The van der Waals surface area contributed by atoms with E-state index in [1.165, 1.54) is 77.6 Å². The molecule has 0 amide bonds. The summed E-state index contributed by atoms with van der Waals surface area (Å²) in [5, 5.41) is 37.7. The minimum Gasteiger partial charge on any atom is -0.494 e. The molecular formula is C80H85Br5Cl2N20O8S10. The van der Waals surface area contributed by atoms with Gasteiger partial charge in [0.05, 0.1) is 52.7 Å². The van der Waals surface area contributed by atoms with Gasteiger partial charge in [-0.15, -0.1) is 149 Å². The van der Waals surface area contributed by atoms with Gasteiger partial charge in [-0.25, -0.2) is 34.9 Å². The van der Waals surface area contributed by atoms with Crippen molar-refractivity contribution in [3.05, 3.63) is 225 Å². The van der Waals surface area contributed by atoms with E-state index >= 15 is 0 Å². The highest BCUT2D eigenvalue weighted by Crippen LogP contribution is 2.34. The van der Waals surface area contributed by atoms with Crippen LogP contribution >= 0.6 is 221 Å². The van der Waals surface area contributed by atoms with Gasteiger partial charge in [0.25, 0.3) is 0 Å². The molecule has 0 aliphatic heterocycles. The van der Waals surface area contributed by atoms with Crippen LogP contribution in [0, 0.1) is 33.1 Å². The summed E-state index contributed by atoms with van der Waals surface area (Å²) in [7, 11) is 0. The molecule has 11 N–H and O–H groups in total. The Kier molecular flexibility index (Phi) is 45.4. The molecule has 0 saturated carbocycles. The van der Waals surface area contributed by atoms with Crippen LogP contribution in [0.5, 0.6) is 11.5 Å². The molecule has 125 heavy (non-hydrogen) atoms. The number of ketones is 6. The molecule has 662 valence electrons. The first kappa shape index (κ1) is 107. The van der Waals surface area contributed by atoms with Crippen LogP contribution in [-0.2, 0) is 19.2 Å². The van der Waals surface area contributed by atoms with Crippen molar-refractivity contribution >= 4 is 324 Å². The molecule has 16 aromatic rings. The molecule has 12 heterocycles. The minimum atomic E-state index is -0.935. The summed E-state index contributed by atoms with van der Waals surface area (Å²) in [6.45, 7) is 19.9. The Morgan fingerprint density at radius 1 is 0.496 bits per heavy atom. The van der Waals surface area contributed by atoms with Gasteiger partial charge in [-0.3, -0.25) is 51.8 Å². The average Bonchev–Trinajstić information content (AvgIpc) is 1.64. The quantitative estimate of drug-likeness (QED) is 0.0152. The standard InChI is InChI=1S/C17H16N4OS2.C15H11BrN4S2.C9H12N2OS.C8H7BrN2OS.C8H10N2O2S.C8H8N2OS.C7H7BrN2S.C5H7ClO2.C3H4N2S.2BrH.ClH/c1-3-22-13-6-4-12(5-7-13)19-16-20-14(10-24-16)15-11(2)18-17-21(15)8-9-23-17;1-9-13(20-6-7-21-15(20)17-9)12-8-22-14(19-12)18-11-4-2-10(16)3-5-11;1-2-12-8-5-3-7(4-6-8)11-9(10)13;1-5-7(6(12)4-9)11-2-3-13-8(11)10-5;1-5(11)7(6(2)12)10-3-4-13-8(10)9;1-5-7(6(2)11)10-3-4-12-8(10)9-5;8-5-1-3-6(4-2-5)10-7(9)11;1-3(7)5(6)4(2)8;4-3-5-1-2-6-3;;;/h4-10H,3H2,1-2H3,(H,19,20);2-8H,1H3,(H,18,19);3-6H,2H2,1H3,(H3,10,11,13);2-3H,4H2,1H3;3-4,7,9H,1-2H3;3-4H,1-2H3;1-4H,(H3,9,10,11);5H,1-2H3;1-2H,(H2,4,5);3*1H. The predicted octanol–water partition coefficient (Wildman–Crippen LogP) is 22.2. The molecule has 45 heteroatoms. The normalized spacial score (nSPS) is 10.2. The minimum absolute atomic E-state index is 0. The number of thiazole rings is 8. The summed E-state index contributed by atoms with van der Waals surface area (Å²) in [6, 6.07) is 30.2. The number of Topliss-reactive ketones (excluding diaryl/α,β-unsaturated/α-hetero) is 6. The number of benzene rings is 4. The molecule has 0 aliphatic carbocycles. The number of alkyl halides is 2. The summed E-state index contributed by atoms with van der Waals surface area (Å²) in [5.41, 5.74) is 28.6. The number of anilines is 7. The second kappa shape index (κ2) is 53.2. The molecule has 0 unspecified atom stereocenters. The van der Waals surface area contributed by atoms with Crippen LogP contribution < -0.4 is 52.7 Å². The molecule has 16 rings (SSSR count). The Balaban J connectivity index is 0.000000256. The van der Waals surface area contributed by atoms with E-state index in [0.29, 0.717) is 35.1 Å². The highest BCUT2D eigenvalue weighted by Gasteiger charge is 2.23. The summed E-state index contributed by atoms with van der Waals surface area (Å²) < 4.78 is 22.1. The number of fused-ring (bicyclic) bond motifs is 4. The maximum absolute atomic E-state index is 11.5. The molecule has 0 bridgehead atoms. The molecular weight excluding hydrogens is 2160 g/mol. The zero-order valence-electron chi connectivity index (χ0n) is 68.3. The third-order valence-corrected chi connectivity index (χ3v) is 24.1. The predicted molar refractivity (Wildman–Crippen MR) is 546 cm³/mol. The summed E-state index contributed by atoms with van der Waals surface area (Å²) in [6.07, 6.45) is 11.1. The smallest absolute Gasteiger partial charge is 0.194 e. The molecule has 0 spiro atoms. The van der Waals surface area contributed by atoms with Gasteiger partial charge in [0.2, 0.25) is 0 Å². The number of aromatic nitrogens is 12. The third-order valence-electron chi connectivity index (χ3n) is 15.9. The first-order valence-corrected chi connectivity index (χ1v) is 47.1. The van der Waals surface area contributed by atoms with E-state index in [4.69, 9.17) is 65.9 Å². The number of carbonyl (C=O) groups is 6. The van der Waals surface area contributed by atoms with Crippen molar-refractivity contribution in [3.63, 3.8) is 0 Å². The fraction of sp³-hybridized carbons (Fsp3) is 0.200. The largest absolute Gasteiger partial charge is 0.494 e. The van der Waals surface area contributed by atoms with Crippen LogP contribution in [0.25, 0.3) is 42.6 Å². The van der Waals surface area contributed by atoms with Gasteiger partial charge in [-0.2, -0.15) is 0 Å². The number of thiocarbonyl (C=S) groups is 2. The highest BCUT2D eigenvalue weighted by molar-refractivity contribution is 9.10. The number of nitrogens with zero attached hydrogens (tertiary/aromatic N) is 12. The Labute approximate surface area is 819 Å². The first-order valence-electron chi connectivity index (χ1n) is 36.1. The maximum Gasteiger partial charge on any atom is 0.194 e. The van der Waals surface area contributed by atoms with Crippen molar-refractivity contribution in [1.29, 1.82) is 5.41 Å². The number of hydrogen-bond acceptors (Lipinski definition) is 29. The third kappa shape index (κ3) is 32.2. The molecule has 12 aromatic heterocycles.